The van der Waals surface area contributed by atoms with Gasteiger partial charge in [0.2, 0.25) is 0 Å². The van der Waals surface area contributed by atoms with E-state index in [0.717, 1.165) is 16.0 Å². The van der Waals surface area contributed by atoms with Crippen molar-refractivity contribution in [2.45, 2.75) is 4.90 Å². The number of anilines is 1. The maximum Gasteiger partial charge on any atom is 0.259 e. The predicted molar refractivity (Wildman–Crippen MR) is 137 cm³/mol. The van der Waals surface area contributed by atoms with Gasteiger partial charge in [-0.3, -0.25) is 10.2 Å². The molecule has 0 saturated carbocycles. The van der Waals surface area contributed by atoms with Gasteiger partial charge in [0, 0.05) is 16.1 Å². The summed E-state index contributed by atoms with van der Waals surface area (Å²) in [6.45, 7) is 0. The minimum Gasteiger partial charge on any atom is -0.457 e. The largest absolute Gasteiger partial charge is 0.457 e. The van der Waals surface area contributed by atoms with Gasteiger partial charge in [0.15, 0.2) is 0 Å². The Hall–Kier alpha value is -4.43. The van der Waals surface area contributed by atoms with E-state index in [4.69, 9.17) is 15.9 Å². The molecule has 0 spiro atoms. The molecule has 168 valence electrons. The quantitative estimate of drug-likeness (QED) is 0.109. The first kappa shape index (κ1) is 22.8. The van der Waals surface area contributed by atoms with Gasteiger partial charge in [-0.15, -0.1) is 17.5 Å². The van der Waals surface area contributed by atoms with E-state index in [0.29, 0.717) is 17.0 Å². The standard InChI is InChI=1S/C26H20N4O3S/c27-25(28)17-4-3-5-20(14-17)33-23-13-12-19(30-32)15-22(23)26(31)29-18-10-8-16(9-11-18)21-6-1-2-7-24(21)34/h1-15,34H,(H3,27,28)(H,29,31). The molecule has 0 fully saturated rings. The number of amides is 1. The third-order valence-electron chi connectivity index (χ3n) is 5.04. The fraction of sp³-hybridized carbons (Fsp3) is 0. The maximum atomic E-state index is 13.1. The molecule has 7 nitrogen and oxygen atoms in total. The zero-order valence-corrected chi connectivity index (χ0v) is 18.8. The fourth-order valence-electron chi connectivity index (χ4n) is 3.34. The van der Waals surface area contributed by atoms with Crippen molar-refractivity contribution in [2.75, 3.05) is 5.32 Å². The number of nitroso groups, excluding NO2 is 1. The number of nitrogen functional groups attached to an aromatic ring is 1. The number of amidine groups is 1. The maximum absolute atomic E-state index is 13.1. The molecule has 4 rings (SSSR count). The molecule has 0 bridgehead atoms. The second-order valence-corrected chi connectivity index (χ2v) is 7.85. The summed E-state index contributed by atoms with van der Waals surface area (Å²) < 4.78 is 5.88. The molecule has 34 heavy (non-hydrogen) atoms. The molecule has 0 saturated heterocycles. The lowest BCUT2D eigenvalue weighted by Gasteiger charge is -2.13. The minimum atomic E-state index is -0.467. The normalized spacial score (nSPS) is 10.4. The molecular formula is C26H20N4O3S. The van der Waals surface area contributed by atoms with Crippen LogP contribution >= 0.6 is 12.6 Å². The number of benzene rings is 4. The molecule has 4 aromatic rings. The van der Waals surface area contributed by atoms with Crippen LogP contribution in [0.2, 0.25) is 0 Å². The van der Waals surface area contributed by atoms with Crippen LogP contribution < -0.4 is 15.8 Å². The number of hydrogen-bond donors (Lipinski definition) is 4. The number of carbonyl (C=O) groups excluding carboxylic acids is 1. The second kappa shape index (κ2) is 10.0. The van der Waals surface area contributed by atoms with Crippen molar-refractivity contribution in [1.82, 2.24) is 0 Å². The molecule has 0 aliphatic carbocycles. The predicted octanol–water partition coefficient (Wildman–Crippen LogP) is 6.37. The lowest BCUT2D eigenvalue weighted by Crippen LogP contribution is -2.13. The highest BCUT2D eigenvalue weighted by Gasteiger charge is 2.16. The Balaban J connectivity index is 1.59. The summed E-state index contributed by atoms with van der Waals surface area (Å²) in [6, 6.07) is 26.0. The van der Waals surface area contributed by atoms with Gasteiger partial charge in [0.25, 0.3) is 5.91 Å². The summed E-state index contributed by atoms with van der Waals surface area (Å²) in [5.74, 6) is 0.0491. The number of rotatable bonds is 7. The van der Waals surface area contributed by atoms with Crippen LogP contribution in [0, 0.1) is 10.3 Å². The summed E-state index contributed by atoms with van der Waals surface area (Å²) in [5.41, 5.74) is 8.77. The number of carbonyl (C=O) groups is 1. The first-order valence-corrected chi connectivity index (χ1v) is 10.7. The smallest absolute Gasteiger partial charge is 0.259 e. The van der Waals surface area contributed by atoms with Crippen molar-refractivity contribution < 1.29 is 9.53 Å². The highest BCUT2D eigenvalue weighted by atomic mass is 32.1. The highest BCUT2D eigenvalue weighted by Crippen LogP contribution is 2.31. The molecule has 0 aliphatic rings. The molecule has 0 atom stereocenters. The van der Waals surface area contributed by atoms with E-state index in [2.05, 4.69) is 23.1 Å². The van der Waals surface area contributed by atoms with E-state index in [-0.39, 0.29) is 22.8 Å². The van der Waals surface area contributed by atoms with Crippen LogP contribution in [0.3, 0.4) is 0 Å². The van der Waals surface area contributed by atoms with E-state index < -0.39 is 5.91 Å². The number of nitrogens with zero attached hydrogens (tertiary/aromatic N) is 1. The number of thiol groups is 1. The average Bonchev–Trinajstić information content (AvgIpc) is 2.85. The van der Waals surface area contributed by atoms with Gasteiger partial charge in [0.1, 0.15) is 23.0 Å². The van der Waals surface area contributed by atoms with Crippen LogP contribution in [0.1, 0.15) is 15.9 Å². The lowest BCUT2D eigenvalue weighted by molar-refractivity contribution is 0.102. The van der Waals surface area contributed by atoms with Crippen LogP contribution in [0.4, 0.5) is 11.4 Å². The van der Waals surface area contributed by atoms with Gasteiger partial charge in [-0.2, -0.15) is 0 Å². The van der Waals surface area contributed by atoms with Crippen LogP contribution in [-0.4, -0.2) is 11.7 Å². The second-order valence-electron chi connectivity index (χ2n) is 7.36. The first-order chi connectivity index (χ1) is 16.4. The van der Waals surface area contributed by atoms with Crippen molar-refractivity contribution >= 4 is 35.7 Å². The third-order valence-corrected chi connectivity index (χ3v) is 5.43. The zero-order valence-electron chi connectivity index (χ0n) is 17.9. The number of ether oxygens (including phenoxy) is 1. The van der Waals surface area contributed by atoms with Gasteiger partial charge < -0.3 is 15.8 Å². The van der Waals surface area contributed by atoms with Crippen LogP contribution in [0.5, 0.6) is 11.5 Å². The van der Waals surface area contributed by atoms with E-state index >= 15 is 0 Å². The Morgan fingerprint density at radius 2 is 1.71 bits per heavy atom. The Morgan fingerprint density at radius 3 is 2.41 bits per heavy atom. The Morgan fingerprint density at radius 1 is 0.941 bits per heavy atom. The molecular weight excluding hydrogens is 448 g/mol. The lowest BCUT2D eigenvalue weighted by atomic mass is 10.1. The first-order valence-electron chi connectivity index (χ1n) is 10.2. The van der Waals surface area contributed by atoms with Crippen LogP contribution in [0.15, 0.2) is 101 Å². The van der Waals surface area contributed by atoms with Gasteiger partial charge in [0.05, 0.1) is 5.56 Å². The molecule has 8 heteroatoms. The number of nitrogens with two attached hydrogens (primary N) is 1. The highest BCUT2D eigenvalue weighted by molar-refractivity contribution is 7.80. The van der Waals surface area contributed by atoms with E-state index in [1.54, 1.807) is 36.4 Å². The number of hydrogen-bond acceptors (Lipinski definition) is 6. The van der Waals surface area contributed by atoms with Gasteiger partial charge in [-0.25, -0.2) is 0 Å². The van der Waals surface area contributed by atoms with Crippen molar-refractivity contribution in [3.05, 3.63) is 107 Å². The molecule has 1 amide bonds. The van der Waals surface area contributed by atoms with Crippen molar-refractivity contribution in [1.29, 1.82) is 5.41 Å². The van der Waals surface area contributed by atoms with Gasteiger partial charge in [-0.05, 0) is 64.8 Å². The summed E-state index contributed by atoms with van der Waals surface area (Å²) >= 11 is 4.49. The molecule has 0 radical (unpaired) electrons. The summed E-state index contributed by atoms with van der Waals surface area (Å²) in [4.78, 5) is 25.0. The zero-order chi connectivity index (χ0) is 24.1. The van der Waals surface area contributed by atoms with Crippen LogP contribution in [0.25, 0.3) is 11.1 Å². The van der Waals surface area contributed by atoms with Crippen molar-refractivity contribution in [3.8, 4) is 22.6 Å². The van der Waals surface area contributed by atoms with Crippen molar-refractivity contribution in [2.24, 2.45) is 10.9 Å². The molecule has 4 N–H and O–H groups in total. The number of nitrogens with one attached hydrogen (secondary N) is 2. The van der Waals surface area contributed by atoms with Gasteiger partial charge in [-0.1, -0.05) is 42.5 Å². The van der Waals surface area contributed by atoms with Crippen LogP contribution in [-0.2, 0) is 0 Å². The third kappa shape index (κ3) is 5.13. The topological polar surface area (TPSA) is 118 Å². The van der Waals surface area contributed by atoms with Crippen molar-refractivity contribution in [3.63, 3.8) is 0 Å². The molecule has 0 heterocycles. The molecule has 0 unspecified atom stereocenters. The SMILES string of the molecule is N=C(N)c1cccc(Oc2ccc(N=O)cc2C(=O)Nc2ccc(-c3ccccc3S)cc2)c1. The monoisotopic (exact) mass is 468 g/mol. The van der Waals surface area contributed by atoms with E-state index in [1.807, 2.05) is 36.4 Å². The summed E-state index contributed by atoms with van der Waals surface area (Å²) in [7, 11) is 0. The Bertz CT molecular complexity index is 1390. The van der Waals surface area contributed by atoms with E-state index in [1.165, 1.54) is 18.2 Å². The fourth-order valence-corrected chi connectivity index (χ4v) is 3.63. The van der Waals surface area contributed by atoms with E-state index in [9.17, 15) is 9.70 Å². The molecule has 0 aromatic heterocycles. The average molecular weight is 469 g/mol. The Labute approximate surface area is 201 Å². The summed E-state index contributed by atoms with van der Waals surface area (Å²) in [5, 5.41) is 13.3. The minimum absolute atomic E-state index is 0.0933. The summed E-state index contributed by atoms with van der Waals surface area (Å²) in [6.07, 6.45) is 0. The Kier molecular flexibility index (Phi) is 6.70. The molecule has 0 aliphatic heterocycles. The van der Waals surface area contributed by atoms with Gasteiger partial charge >= 0.3 is 0 Å². The molecule has 4 aromatic carbocycles.